The number of benzene rings is 2. The fourth-order valence-electron chi connectivity index (χ4n) is 2.50. The molecule has 0 aromatic heterocycles. The lowest BCUT2D eigenvalue weighted by Gasteiger charge is -2.33. The van der Waals surface area contributed by atoms with Gasteiger partial charge < -0.3 is 9.84 Å². The quantitative estimate of drug-likeness (QED) is 0.874. The summed E-state index contributed by atoms with van der Waals surface area (Å²) in [6, 6.07) is 13.3. The number of carboxylic acids is 1. The molecule has 1 aliphatic heterocycles. The van der Waals surface area contributed by atoms with Crippen molar-refractivity contribution in [2.45, 2.75) is 6.10 Å². The molecule has 0 saturated carbocycles. The number of carbonyl (C=O) groups is 3. The molecule has 1 unspecified atom stereocenters. The zero-order valence-corrected chi connectivity index (χ0v) is 12.0. The number of amides is 1. The van der Waals surface area contributed by atoms with Crippen LogP contribution in [0.3, 0.4) is 0 Å². The van der Waals surface area contributed by atoms with E-state index in [-0.39, 0.29) is 0 Å². The molecule has 116 valence electrons. The van der Waals surface area contributed by atoms with Crippen molar-refractivity contribution < 1.29 is 24.2 Å². The normalized spacial score (nSPS) is 16.4. The van der Waals surface area contributed by atoms with E-state index < -0.39 is 24.5 Å². The second-order valence-corrected chi connectivity index (χ2v) is 5.07. The minimum Gasteiger partial charge on any atom is -0.480 e. The molecule has 23 heavy (non-hydrogen) atoms. The van der Waals surface area contributed by atoms with Crippen molar-refractivity contribution in [2.75, 3.05) is 11.4 Å². The van der Waals surface area contributed by atoms with E-state index in [2.05, 4.69) is 0 Å². The Morgan fingerprint density at radius 1 is 1.22 bits per heavy atom. The standard InChI is InChI=1S/C17H13NO5/c19-10-11-6-7-13-14(8-11)23-16(12-4-2-1-3-5-12)17(22)18(13)9-15(20)21/h1-8,10,16H,9H2,(H,20,21). The summed E-state index contributed by atoms with van der Waals surface area (Å²) < 4.78 is 5.74. The SMILES string of the molecule is O=Cc1ccc2c(c1)OC(c1ccccc1)C(=O)N2CC(=O)O. The Hall–Kier alpha value is -3.15. The average molecular weight is 311 g/mol. The first-order valence-electron chi connectivity index (χ1n) is 6.94. The molecule has 1 N–H and O–H groups in total. The van der Waals surface area contributed by atoms with Crippen molar-refractivity contribution in [1.82, 2.24) is 0 Å². The van der Waals surface area contributed by atoms with Crippen LogP contribution in [0.1, 0.15) is 22.0 Å². The van der Waals surface area contributed by atoms with Crippen LogP contribution >= 0.6 is 0 Å². The van der Waals surface area contributed by atoms with Crippen molar-refractivity contribution in [3.63, 3.8) is 0 Å². The maximum absolute atomic E-state index is 12.6. The summed E-state index contributed by atoms with van der Waals surface area (Å²) in [7, 11) is 0. The van der Waals surface area contributed by atoms with Crippen molar-refractivity contribution in [3.05, 3.63) is 59.7 Å². The van der Waals surface area contributed by atoms with E-state index in [1.807, 2.05) is 6.07 Å². The van der Waals surface area contributed by atoms with Gasteiger partial charge in [0.25, 0.3) is 5.91 Å². The molecule has 1 heterocycles. The fraction of sp³-hybridized carbons (Fsp3) is 0.118. The number of ether oxygens (including phenoxy) is 1. The van der Waals surface area contributed by atoms with Gasteiger partial charge in [0, 0.05) is 11.1 Å². The number of hydrogen-bond donors (Lipinski definition) is 1. The zero-order valence-electron chi connectivity index (χ0n) is 12.0. The first-order valence-corrected chi connectivity index (χ1v) is 6.94. The van der Waals surface area contributed by atoms with E-state index in [0.29, 0.717) is 28.8 Å². The number of carboxylic acid groups (broad SMARTS) is 1. The molecule has 0 spiro atoms. The predicted molar refractivity (Wildman–Crippen MR) is 81.6 cm³/mol. The van der Waals surface area contributed by atoms with E-state index in [4.69, 9.17) is 9.84 Å². The Kier molecular flexibility index (Phi) is 3.80. The Balaban J connectivity index is 2.08. The molecule has 3 rings (SSSR count). The van der Waals surface area contributed by atoms with Crippen LogP contribution in [0.4, 0.5) is 5.69 Å². The van der Waals surface area contributed by atoms with Gasteiger partial charge in [-0.3, -0.25) is 19.3 Å². The van der Waals surface area contributed by atoms with Gasteiger partial charge in [0.05, 0.1) is 5.69 Å². The molecule has 0 fully saturated rings. The second kappa shape index (κ2) is 5.92. The summed E-state index contributed by atoms with van der Waals surface area (Å²) in [4.78, 5) is 35.8. The van der Waals surface area contributed by atoms with Crippen LogP contribution in [-0.4, -0.2) is 29.8 Å². The van der Waals surface area contributed by atoms with Crippen LogP contribution in [0.25, 0.3) is 0 Å². The molecule has 0 saturated heterocycles. The number of nitrogens with zero attached hydrogens (tertiary/aromatic N) is 1. The number of rotatable bonds is 4. The molecule has 6 heteroatoms. The van der Waals surface area contributed by atoms with Crippen molar-refractivity contribution in [1.29, 1.82) is 0 Å². The first kappa shape index (κ1) is 14.8. The van der Waals surface area contributed by atoms with Gasteiger partial charge in [0.2, 0.25) is 6.10 Å². The highest BCUT2D eigenvalue weighted by Crippen LogP contribution is 2.39. The summed E-state index contributed by atoms with van der Waals surface area (Å²) >= 11 is 0. The van der Waals surface area contributed by atoms with Crippen LogP contribution in [0.5, 0.6) is 5.75 Å². The summed E-state index contributed by atoms with van der Waals surface area (Å²) in [5.41, 5.74) is 1.35. The first-order chi connectivity index (χ1) is 11.1. The van der Waals surface area contributed by atoms with Crippen LogP contribution in [-0.2, 0) is 9.59 Å². The lowest BCUT2D eigenvalue weighted by Crippen LogP contribution is -2.43. The third kappa shape index (κ3) is 2.78. The smallest absolute Gasteiger partial charge is 0.323 e. The molecule has 1 atom stereocenters. The van der Waals surface area contributed by atoms with Crippen molar-refractivity contribution >= 4 is 23.9 Å². The minimum atomic E-state index is -1.13. The molecule has 2 aromatic carbocycles. The average Bonchev–Trinajstić information content (AvgIpc) is 2.57. The largest absolute Gasteiger partial charge is 0.480 e. The summed E-state index contributed by atoms with van der Waals surface area (Å²) in [5.74, 6) is -1.27. The van der Waals surface area contributed by atoms with Crippen molar-refractivity contribution in [2.24, 2.45) is 0 Å². The molecular weight excluding hydrogens is 298 g/mol. The van der Waals surface area contributed by atoms with Crippen LogP contribution in [0, 0.1) is 0 Å². The molecule has 0 aliphatic carbocycles. The molecule has 0 radical (unpaired) electrons. The molecule has 1 amide bonds. The summed E-state index contributed by atoms with van der Waals surface area (Å²) in [5, 5.41) is 9.08. The third-order valence-corrected chi connectivity index (χ3v) is 3.54. The predicted octanol–water partition coefficient (Wildman–Crippen LogP) is 2.05. The molecule has 1 aliphatic rings. The second-order valence-electron chi connectivity index (χ2n) is 5.07. The highest BCUT2D eigenvalue weighted by atomic mass is 16.5. The fourth-order valence-corrected chi connectivity index (χ4v) is 2.50. The third-order valence-electron chi connectivity index (χ3n) is 3.54. The number of aldehydes is 1. The lowest BCUT2D eigenvalue weighted by molar-refractivity contribution is -0.138. The number of aliphatic carboxylic acids is 1. The van der Waals surface area contributed by atoms with Gasteiger partial charge in [0.15, 0.2) is 0 Å². The lowest BCUT2D eigenvalue weighted by atomic mass is 10.0. The maximum atomic E-state index is 12.6. The van der Waals surface area contributed by atoms with Gasteiger partial charge in [-0.1, -0.05) is 30.3 Å². The Morgan fingerprint density at radius 3 is 2.61 bits per heavy atom. The van der Waals surface area contributed by atoms with Crippen molar-refractivity contribution in [3.8, 4) is 5.75 Å². The topological polar surface area (TPSA) is 83.9 Å². The van der Waals surface area contributed by atoms with E-state index in [1.165, 1.54) is 18.2 Å². The van der Waals surface area contributed by atoms with E-state index >= 15 is 0 Å². The van der Waals surface area contributed by atoms with Crippen LogP contribution in [0.2, 0.25) is 0 Å². The van der Waals surface area contributed by atoms with Gasteiger partial charge in [-0.2, -0.15) is 0 Å². The Bertz CT molecular complexity index is 772. The molecular formula is C17H13NO5. The van der Waals surface area contributed by atoms with E-state index in [1.54, 1.807) is 24.3 Å². The Morgan fingerprint density at radius 2 is 1.96 bits per heavy atom. The number of fused-ring (bicyclic) bond motifs is 1. The molecule has 6 nitrogen and oxygen atoms in total. The minimum absolute atomic E-state index is 0.310. The monoisotopic (exact) mass is 311 g/mol. The molecule has 0 bridgehead atoms. The number of carbonyl (C=O) groups excluding carboxylic acids is 2. The van der Waals surface area contributed by atoms with Gasteiger partial charge >= 0.3 is 5.97 Å². The zero-order chi connectivity index (χ0) is 16.4. The van der Waals surface area contributed by atoms with Gasteiger partial charge in [-0.15, -0.1) is 0 Å². The summed E-state index contributed by atoms with van der Waals surface area (Å²) in [6.07, 6.45) is -0.274. The number of anilines is 1. The van der Waals surface area contributed by atoms with E-state index in [0.717, 1.165) is 4.90 Å². The number of hydrogen-bond acceptors (Lipinski definition) is 4. The maximum Gasteiger partial charge on any atom is 0.323 e. The Labute approximate surface area is 131 Å². The van der Waals surface area contributed by atoms with Gasteiger partial charge in [0.1, 0.15) is 18.6 Å². The van der Waals surface area contributed by atoms with Crippen LogP contribution < -0.4 is 9.64 Å². The van der Waals surface area contributed by atoms with E-state index in [9.17, 15) is 14.4 Å². The molecule has 2 aromatic rings. The summed E-state index contributed by atoms with van der Waals surface area (Å²) in [6.45, 7) is -0.473. The van der Waals surface area contributed by atoms with Gasteiger partial charge in [-0.25, -0.2) is 0 Å². The highest BCUT2D eigenvalue weighted by Gasteiger charge is 2.36. The van der Waals surface area contributed by atoms with Crippen LogP contribution in [0.15, 0.2) is 48.5 Å². The highest BCUT2D eigenvalue weighted by molar-refractivity contribution is 6.03. The van der Waals surface area contributed by atoms with Gasteiger partial charge in [-0.05, 0) is 18.2 Å².